The molecule has 1 heterocycles. The maximum Gasteiger partial charge on any atom is 0.341 e. The third kappa shape index (κ3) is 3.54. The van der Waals surface area contributed by atoms with Crippen LogP contribution in [0.2, 0.25) is 0 Å². The van der Waals surface area contributed by atoms with Gasteiger partial charge in [0.2, 0.25) is 0 Å². The minimum absolute atomic E-state index is 0.00261. The van der Waals surface area contributed by atoms with Gasteiger partial charge in [0.1, 0.15) is 5.75 Å². The number of rotatable bonds is 6. The molecule has 3 rings (SSSR count). The Balaban J connectivity index is 1.54. The second-order valence-corrected chi connectivity index (χ2v) is 5.97. The van der Waals surface area contributed by atoms with Crippen LogP contribution in [-0.4, -0.2) is 41.6 Å². The molecule has 0 aromatic heterocycles. The lowest BCUT2D eigenvalue weighted by Crippen LogP contribution is -2.50. The van der Waals surface area contributed by atoms with E-state index in [0.717, 1.165) is 19.0 Å². The quantitative estimate of drug-likeness (QED) is 0.870. The molecule has 1 N–H and O–H groups in total. The molecule has 0 bridgehead atoms. The summed E-state index contributed by atoms with van der Waals surface area (Å²) in [5.74, 6) is 0.950. The van der Waals surface area contributed by atoms with Crippen LogP contribution < -0.4 is 4.74 Å². The van der Waals surface area contributed by atoms with Crippen LogP contribution in [0.15, 0.2) is 24.3 Å². The number of benzene rings is 1. The summed E-state index contributed by atoms with van der Waals surface area (Å²) in [7, 11) is 0. The summed E-state index contributed by atoms with van der Waals surface area (Å²) < 4.78 is 5.10. The Morgan fingerprint density at radius 3 is 2.67 bits per heavy atom. The summed E-state index contributed by atoms with van der Waals surface area (Å²) in [4.78, 5) is 24.7. The smallest absolute Gasteiger partial charge is 0.341 e. The number of hydrogen-bond acceptors (Lipinski definition) is 3. The van der Waals surface area contributed by atoms with Crippen molar-refractivity contribution in [3.8, 4) is 5.75 Å². The maximum absolute atomic E-state index is 12.3. The van der Waals surface area contributed by atoms with Gasteiger partial charge in [-0.2, -0.15) is 0 Å². The summed E-state index contributed by atoms with van der Waals surface area (Å²) in [5, 5.41) is 8.59. The molecule has 1 aromatic rings. The van der Waals surface area contributed by atoms with Gasteiger partial charge in [0.25, 0.3) is 5.91 Å². The number of ether oxygens (including phenoxy) is 1. The van der Waals surface area contributed by atoms with Gasteiger partial charge >= 0.3 is 5.97 Å². The van der Waals surface area contributed by atoms with Gasteiger partial charge in [-0.3, -0.25) is 4.79 Å². The van der Waals surface area contributed by atoms with Crippen LogP contribution in [0.4, 0.5) is 0 Å². The van der Waals surface area contributed by atoms with Crippen molar-refractivity contribution in [2.75, 3.05) is 19.7 Å². The third-order valence-electron chi connectivity index (χ3n) is 4.05. The summed E-state index contributed by atoms with van der Waals surface area (Å²) in [6.07, 6.45) is 3.96. The molecule has 1 saturated heterocycles. The molecule has 1 amide bonds. The monoisotopic (exact) mass is 289 g/mol. The summed E-state index contributed by atoms with van der Waals surface area (Å²) in [5.41, 5.74) is 0.558. The molecule has 112 valence electrons. The fraction of sp³-hybridized carbons (Fsp3) is 0.500. The lowest BCUT2D eigenvalue weighted by Gasteiger charge is -2.39. The van der Waals surface area contributed by atoms with Crippen molar-refractivity contribution in [3.05, 3.63) is 29.8 Å². The van der Waals surface area contributed by atoms with E-state index in [-0.39, 0.29) is 5.91 Å². The van der Waals surface area contributed by atoms with E-state index in [1.807, 2.05) is 4.90 Å². The first kappa shape index (κ1) is 13.9. The van der Waals surface area contributed by atoms with Gasteiger partial charge in [-0.15, -0.1) is 0 Å². The van der Waals surface area contributed by atoms with Gasteiger partial charge in [0.15, 0.2) is 6.61 Å². The van der Waals surface area contributed by atoms with E-state index in [2.05, 4.69) is 0 Å². The van der Waals surface area contributed by atoms with E-state index in [4.69, 9.17) is 9.84 Å². The molecular formula is C16H19NO4. The van der Waals surface area contributed by atoms with Crippen molar-refractivity contribution < 1.29 is 19.4 Å². The number of carbonyl (C=O) groups excluding carboxylic acids is 1. The minimum Gasteiger partial charge on any atom is -0.482 e. The number of nitrogens with zero attached hydrogens (tertiary/aromatic N) is 1. The molecule has 1 saturated carbocycles. The van der Waals surface area contributed by atoms with Gasteiger partial charge in [0.05, 0.1) is 0 Å². The maximum atomic E-state index is 12.3. The molecule has 0 unspecified atom stereocenters. The van der Waals surface area contributed by atoms with Crippen LogP contribution in [-0.2, 0) is 4.79 Å². The van der Waals surface area contributed by atoms with E-state index in [1.165, 1.54) is 19.3 Å². The Bertz CT molecular complexity index is 547. The number of likely N-dealkylation sites (tertiary alicyclic amines) is 1. The van der Waals surface area contributed by atoms with Crippen molar-refractivity contribution in [2.24, 2.45) is 11.8 Å². The average molecular weight is 289 g/mol. The summed E-state index contributed by atoms with van der Waals surface area (Å²) in [6, 6.07) is 6.72. The Morgan fingerprint density at radius 2 is 2.00 bits per heavy atom. The second kappa shape index (κ2) is 5.76. The van der Waals surface area contributed by atoms with Gasteiger partial charge in [0, 0.05) is 18.7 Å². The zero-order valence-corrected chi connectivity index (χ0v) is 11.8. The van der Waals surface area contributed by atoms with E-state index >= 15 is 0 Å². The molecule has 0 radical (unpaired) electrons. The van der Waals surface area contributed by atoms with Crippen LogP contribution in [0.3, 0.4) is 0 Å². The zero-order valence-electron chi connectivity index (χ0n) is 11.8. The molecular weight excluding hydrogens is 270 g/mol. The highest BCUT2D eigenvalue weighted by Gasteiger charge is 2.35. The van der Waals surface area contributed by atoms with Crippen molar-refractivity contribution >= 4 is 11.9 Å². The van der Waals surface area contributed by atoms with Crippen LogP contribution in [0.25, 0.3) is 0 Å². The number of carbonyl (C=O) groups is 2. The fourth-order valence-corrected chi connectivity index (χ4v) is 2.76. The zero-order chi connectivity index (χ0) is 14.8. The van der Waals surface area contributed by atoms with Crippen molar-refractivity contribution in [1.82, 2.24) is 4.90 Å². The van der Waals surface area contributed by atoms with Crippen LogP contribution in [0.1, 0.15) is 29.6 Å². The highest BCUT2D eigenvalue weighted by Crippen LogP contribution is 2.38. The lowest BCUT2D eigenvalue weighted by atomic mass is 9.93. The minimum atomic E-state index is -1.03. The number of carboxylic acid groups (broad SMARTS) is 1. The van der Waals surface area contributed by atoms with E-state index < -0.39 is 12.6 Å². The van der Waals surface area contributed by atoms with Crippen LogP contribution in [0.5, 0.6) is 5.75 Å². The van der Waals surface area contributed by atoms with Gasteiger partial charge in [-0.25, -0.2) is 4.79 Å². The number of amides is 1. The predicted molar refractivity (Wildman–Crippen MR) is 76.3 cm³/mol. The third-order valence-corrected chi connectivity index (χ3v) is 4.05. The Morgan fingerprint density at radius 1 is 1.24 bits per heavy atom. The topological polar surface area (TPSA) is 66.8 Å². The van der Waals surface area contributed by atoms with E-state index in [9.17, 15) is 9.59 Å². The average Bonchev–Trinajstić information content (AvgIpc) is 3.24. The van der Waals surface area contributed by atoms with Gasteiger partial charge < -0.3 is 14.7 Å². The summed E-state index contributed by atoms with van der Waals surface area (Å²) in [6.45, 7) is 1.29. The second-order valence-electron chi connectivity index (χ2n) is 5.97. The largest absolute Gasteiger partial charge is 0.482 e. The Kier molecular flexibility index (Phi) is 3.82. The van der Waals surface area contributed by atoms with E-state index in [1.54, 1.807) is 24.3 Å². The number of carboxylic acids is 1. The van der Waals surface area contributed by atoms with Crippen LogP contribution in [0, 0.1) is 11.8 Å². The van der Waals surface area contributed by atoms with E-state index in [0.29, 0.717) is 17.2 Å². The lowest BCUT2D eigenvalue weighted by molar-refractivity contribution is -0.139. The molecule has 2 aliphatic rings. The highest BCUT2D eigenvalue weighted by atomic mass is 16.5. The Labute approximate surface area is 123 Å². The standard InChI is InChI=1S/C16H19NO4/c18-15(19)10-21-14-3-1-2-13(7-14)16(20)17-8-12(9-17)6-11-4-5-11/h1-3,7,11-12H,4-6,8-10H2,(H,18,19). The van der Waals surface area contributed by atoms with Crippen molar-refractivity contribution in [1.29, 1.82) is 0 Å². The van der Waals surface area contributed by atoms with Gasteiger partial charge in [-0.1, -0.05) is 18.9 Å². The molecule has 1 aliphatic heterocycles. The first-order chi connectivity index (χ1) is 10.1. The first-order valence-corrected chi connectivity index (χ1v) is 7.36. The molecule has 1 aromatic carbocycles. The van der Waals surface area contributed by atoms with Crippen molar-refractivity contribution in [3.63, 3.8) is 0 Å². The van der Waals surface area contributed by atoms with Gasteiger partial charge in [-0.05, 0) is 36.5 Å². The SMILES string of the molecule is O=C(O)COc1cccc(C(=O)N2CC(CC3CC3)C2)c1. The normalized spacial score (nSPS) is 18.2. The highest BCUT2D eigenvalue weighted by molar-refractivity contribution is 5.95. The first-order valence-electron chi connectivity index (χ1n) is 7.36. The molecule has 0 spiro atoms. The fourth-order valence-electron chi connectivity index (χ4n) is 2.76. The Hall–Kier alpha value is -2.04. The van der Waals surface area contributed by atoms with Crippen LogP contribution >= 0.6 is 0 Å². The summed E-state index contributed by atoms with van der Waals surface area (Å²) >= 11 is 0. The molecule has 2 fully saturated rings. The molecule has 5 heteroatoms. The molecule has 5 nitrogen and oxygen atoms in total. The van der Waals surface area contributed by atoms with Crippen molar-refractivity contribution in [2.45, 2.75) is 19.3 Å². The number of aliphatic carboxylic acids is 1. The molecule has 21 heavy (non-hydrogen) atoms. The molecule has 0 atom stereocenters. The predicted octanol–water partition coefficient (Wildman–Crippen LogP) is 2.02. The number of hydrogen-bond donors (Lipinski definition) is 1. The molecule has 1 aliphatic carbocycles.